The predicted molar refractivity (Wildman–Crippen MR) is 80.4 cm³/mol. The smallest absolute Gasteiger partial charge is 0.225 e. The summed E-state index contributed by atoms with van der Waals surface area (Å²) in [7, 11) is 1.89. The molecule has 1 saturated carbocycles. The van der Waals surface area contributed by atoms with Gasteiger partial charge in [0.25, 0.3) is 0 Å². The van der Waals surface area contributed by atoms with E-state index in [9.17, 15) is 4.79 Å². The van der Waals surface area contributed by atoms with E-state index in [4.69, 9.17) is 4.98 Å². The molecular weight excluding hydrogens is 266 g/mol. The Balaban J connectivity index is 1.68. The summed E-state index contributed by atoms with van der Waals surface area (Å²) in [6, 6.07) is 2.26. The van der Waals surface area contributed by atoms with Gasteiger partial charge in [-0.15, -0.1) is 0 Å². The van der Waals surface area contributed by atoms with Gasteiger partial charge in [0.1, 0.15) is 17.5 Å². The van der Waals surface area contributed by atoms with Crippen LogP contribution in [0, 0.1) is 5.92 Å². The summed E-state index contributed by atoms with van der Waals surface area (Å²) >= 11 is 0. The van der Waals surface area contributed by atoms with Crippen LogP contribution in [0.25, 0.3) is 0 Å². The topological polar surface area (TPSA) is 70.2 Å². The molecular formula is C15H21N5O. The monoisotopic (exact) mass is 287 g/mol. The van der Waals surface area contributed by atoms with Crippen molar-refractivity contribution in [3.8, 4) is 0 Å². The molecule has 0 aromatic carbocycles. The van der Waals surface area contributed by atoms with Crippen molar-refractivity contribution >= 4 is 17.5 Å². The number of piperidine rings is 1. The van der Waals surface area contributed by atoms with E-state index in [1.54, 1.807) is 0 Å². The molecule has 6 heteroatoms. The highest BCUT2D eigenvalue weighted by molar-refractivity contribution is 5.83. The third-order valence-electron chi connectivity index (χ3n) is 4.82. The molecule has 3 fully saturated rings. The van der Waals surface area contributed by atoms with Crippen molar-refractivity contribution in [3.05, 3.63) is 11.9 Å². The molecule has 0 spiro atoms. The number of hydrogen-bond acceptors (Lipinski definition) is 5. The first-order chi connectivity index (χ1) is 10.3. The van der Waals surface area contributed by atoms with Crippen molar-refractivity contribution < 1.29 is 4.79 Å². The first-order valence-electron chi connectivity index (χ1n) is 7.87. The zero-order valence-corrected chi connectivity index (χ0v) is 12.3. The average Bonchev–Trinajstić information content (AvgIpc) is 3.31. The molecule has 6 nitrogen and oxygen atoms in total. The standard InChI is InChI=1S/C15H21N5O/c1-16-12-7-13(19-14(18-12)9-4-5-9)20-6-2-3-10-11(20)8-17-15(10)21/h7,9-11H,2-6,8H2,1H3,(H,17,21)(H,16,18,19). The maximum Gasteiger partial charge on any atom is 0.225 e. The van der Waals surface area contributed by atoms with Crippen LogP contribution in [-0.2, 0) is 4.79 Å². The van der Waals surface area contributed by atoms with Crippen LogP contribution in [0.3, 0.4) is 0 Å². The minimum absolute atomic E-state index is 0.121. The summed E-state index contributed by atoms with van der Waals surface area (Å²) < 4.78 is 0. The minimum atomic E-state index is 0.121. The molecule has 0 bridgehead atoms. The lowest BCUT2D eigenvalue weighted by Gasteiger charge is -2.37. The third kappa shape index (κ3) is 2.22. The third-order valence-corrected chi connectivity index (χ3v) is 4.82. The summed E-state index contributed by atoms with van der Waals surface area (Å²) in [4.78, 5) is 23.6. The molecule has 2 aliphatic heterocycles. The largest absolute Gasteiger partial charge is 0.373 e. The maximum atomic E-state index is 11.9. The Labute approximate surface area is 124 Å². The van der Waals surface area contributed by atoms with Crippen LogP contribution in [0.1, 0.15) is 37.4 Å². The number of nitrogens with zero attached hydrogens (tertiary/aromatic N) is 3. The van der Waals surface area contributed by atoms with Gasteiger partial charge in [0.2, 0.25) is 5.91 Å². The number of carbonyl (C=O) groups excluding carboxylic acids is 1. The van der Waals surface area contributed by atoms with Crippen LogP contribution in [0.2, 0.25) is 0 Å². The van der Waals surface area contributed by atoms with Crippen molar-refractivity contribution in [3.63, 3.8) is 0 Å². The predicted octanol–water partition coefficient (Wildman–Crippen LogP) is 1.11. The lowest BCUT2D eigenvalue weighted by Crippen LogP contribution is -2.46. The van der Waals surface area contributed by atoms with E-state index >= 15 is 0 Å². The minimum Gasteiger partial charge on any atom is -0.373 e. The molecule has 1 aliphatic carbocycles. The van der Waals surface area contributed by atoms with Gasteiger partial charge >= 0.3 is 0 Å². The van der Waals surface area contributed by atoms with Gasteiger partial charge < -0.3 is 15.5 Å². The Kier molecular flexibility index (Phi) is 2.97. The van der Waals surface area contributed by atoms with Crippen molar-refractivity contribution in [1.29, 1.82) is 0 Å². The molecule has 4 rings (SSSR count). The summed E-state index contributed by atoms with van der Waals surface area (Å²) in [5, 5.41) is 6.14. The molecule has 3 aliphatic rings. The molecule has 0 radical (unpaired) electrons. The summed E-state index contributed by atoms with van der Waals surface area (Å²) in [6.45, 7) is 1.71. The van der Waals surface area contributed by atoms with Crippen molar-refractivity contribution in [2.75, 3.05) is 30.4 Å². The second-order valence-electron chi connectivity index (χ2n) is 6.25. The Hall–Kier alpha value is -1.85. The van der Waals surface area contributed by atoms with Crippen molar-refractivity contribution in [1.82, 2.24) is 15.3 Å². The number of aromatic nitrogens is 2. The van der Waals surface area contributed by atoms with Crippen LogP contribution >= 0.6 is 0 Å². The number of anilines is 2. The van der Waals surface area contributed by atoms with E-state index in [0.717, 1.165) is 43.4 Å². The highest BCUT2D eigenvalue weighted by Gasteiger charge is 2.41. The number of hydrogen-bond donors (Lipinski definition) is 2. The first-order valence-corrected chi connectivity index (χ1v) is 7.87. The number of fused-ring (bicyclic) bond motifs is 1. The lowest BCUT2D eigenvalue weighted by molar-refractivity contribution is -0.122. The molecule has 21 heavy (non-hydrogen) atoms. The number of rotatable bonds is 3. The number of amides is 1. The van der Waals surface area contributed by atoms with Gasteiger partial charge in [-0.3, -0.25) is 4.79 Å². The van der Waals surface area contributed by atoms with E-state index in [0.29, 0.717) is 5.92 Å². The molecule has 3 heterocycles. The fraction of sp³-hybridized carbons (Fsp3) is 0.667. The molecule has 2 unspecified atom stereocenters. The van der Waals surface area contributed by atoms with Gasteiger partial charge in [-0.2, -0.15) is 0 Å². The van der Waals surface area contributed by atoms with Crippen LogP contribution in [0.4, 0.5) is 11.6 Å². The zero-order valence-electron chi connectivity index (χ0n) is 12.3. The second-order valence-corrected chi connectivity index (χ2v) is 6.25. The van der Waals surface area contributed by atoms with Gasteiger partial charge in [0.05, 0.1) is 12.0 Å². The van der Waals surface area contributed by atoms with Crippen LogP contribution < -0.4 is 15.5 Å². The van der Waals surface area contributed by atoms with Gasteiger partial charge in [-0.25, -0.2) is 9.97 Å². The average molecular weight is 287 g/mol. The van der Waals surface area contributed by atoms with E-state index < -0.39 is 0 Å². The van der Waals surface area contributed by atoms with Gasteiger partial charge in [0, 0.05) is 32.1 Å². The number of nitrogens with one attached hydrogen (secondary N) is 2. The molecule has 1 aromatic rings. The van der Waals surface area contributed by atoms with E-state index in [2.05, 4.69) is 20.5 Å². The quantitative estimate of drug-likeness (QED) is 0.871. The Bertz CT molecular complexity index is 571. The highest BCUT2D eigenvalue weighted by Crippen LogP contribution is 2.40. The summed E-state index contributed by atoms with van der Waals surface area (Å²) in [5.74, 6) is 3.66. The van der Waals surface area contributed by atoms with Gasteiger partial charge in [-0.1, -0.05) is 0 Å². The lowest BCUT2D eigenvalue weighted by atomic mass is 9.91. The summed E-state index contributed by atoms with van der Waals surface area (Å²) in [5.41, 5.74) is 0. The molecule has 2 saturated heterocycles. The number of carbonyl (C=O) groups is 1. The van der Waals surface area contributed by atoms with Crippen LogP contribution in [-0.4, -0.2) is 42.1 Å². The normalized spacial score (nSPS) is 28.2. The van der Waals surface area contributed by atoms with Gasteiger partial charge in [0.15, 0.2) is 0 Å². The molecule has 1 amide bonds. The molecule has 2 atom stereocenters. The highest BCUT2D eigenvalue weighted by atomic mass is 16.2. The van der Waals surface area contributed by atoms with Gasteiger partial charge in [-0.05, 0) is 25.7 Å². The Morgan fingerprint density at radius 1 is 1.33 bits per heavy atom. The SMILES string of the molecule is CNc1cc(N2CCCC3C(=O)NCC32)nc(C2CC2)n1. The van der Waals surface area contributed by atoms with E-state index in [1.807, 2.05) is 13.1 Å². The van der Waals surface area contributed by atoms with Crippen LogP contribution in [0.15, 0.2) is 6.07 Å². The van der Waals surface area contributed by atoms with E-state index in [-0.39, 0.29) is 17.9 Å². The van der Waals surface area contributed by atoms with Crippen molar-refractivity contribution in [2.45, 2.75) is 37.6 Å². The van der Waals surface area contributed by atoms with Crippen LogP contribution in [0.5, 0.6) is 0 Å². The van der Waals surface area contributed by atoms with Crippen molar-refractivity contribution in [2.24, 2.45) is 5.92 Å². The Morgan fingerprint density at radius 2 is 2.19 bits per heavy atom. The molecule has 1 aromatic heterocycles. The maximum absolute atomic E-state index is 11.9. The summed E-state index contributed by atoms with van der Waals surface area (Å²) in [6.07, 6.45) is 4.43. The zero-order chi connectivity index (χ0) is 14.4. The molecule has 112 valence electrons. The molecule has 2 N–H and O–H groups in total. The fourth-order valence-electron chi connectivity index (χ4n) is 3.49. The van der Waals surface area contributed by atoms with E-state index in [1.165, 1.54) is 12.8 Å². The second kappa shape index (κ2) is 4.86. The fourth-order valence-corrected chi connectivity index (χ4v) is 3.49. The first kappa shape index (κ1) is 12.9. The Morgan fingerprint density at radius 3 is 2.95 bits per heavy atom.